The number of rotatable bonds is 10. The van der Waals surface area contributed by atoms with Gasteiger partial charge < -0.3 is 13.7 Å². The second kappa shape index (κ2) is 12.7. The zero-order valence-electron chi connectivity index (χ0n) is 22.5. The molecule has 1 saturated heterocycles. The molecule has 0 radical (unpaired) electrons. The van der Waals surface area contributed by atoms with E-state index in [1.807, 2.05) is 36.4 Å². The molecule has 0 aromatic heterocycles. The molecule has 0 unspecified atom stereocenters. The predicted molar refractivity (Wildman–Crippen MR) is 161 cm³/mol. The Hall–Kier alpha value is -3.91. The van der Waals surface area contributed by atoms with Crippen molar-refractivity contribution >= 4 is 62.3 Å². The Labute approximate surface area is 251 Å². The molecule has 0 aliphatic carbocycles. The second-order valence-electron chi connectivity index (χ2n) is 8.91. The topological polar surface area (TPSA) is 128 Å². The maximum Gasteiger partial charge on any atom is 0.339 e. The number of aryl methyl sites for hydroxylation is 1. The minimum Gasteiger partial charge on any atom is -0.494 e. The molecule has 4 amide bonds. The third-order valence-electron chi connectivity index (χ3n) is 5.81. The summed E-state index contributed by atoms with van der Waals surface area (Å²) >= 11 is 1.89. The van der Waals surface area contributed by atoms with Gasteiger partial charge in [0, 0.05) is 0 Å². The number of nitrogens with one attached hydrogen (secondary N) is 1. The third kappa shape index (κ3) is 6.88. The zero-order valence-corrected chi connectivity index (χ0v) is 25.4. The van der Waals surface area contributed by atoms with Gasteiger partial charge in [0.1, 0.15) is 16.2 Å². The summed E-state index contributed by atoms with van der Waals surface area (Å²) in [5.74, 6) is -1.04. The number of hydrogen-bond donors (Lipinski definition) is 1. The van der Waals surface area contributed by atoms with Crippen molar-refractivity contribution in [3.63, 3.8) is 0 Å². The molecule has 1 aliphatic rings. The van der Waals surface area contributed by atoms with Crippen LogP contribution in [0.4, 0.5) is 10.5 Å². The van der Waals surface area contributed by atoms with Crippen molar-refractivity contribution in [1.29, 1.82) is 0 Å². The van der Waals surface area contributed by atoms with Gasteiger partial charge in [-0.05, 0) is 103 Å². The van der Waals surface area contributed by atoms with Gasteiger partial charge in [-0.1, -0.05) is 24.6 Å². The van der Waals surface area contributed by atoms with Crippen LogP contribution in [0.5, 0.6) is 17.2 Å². The summed E-state index contributed by atoms with van der Waals surface area (Å²) in [6.07, 6.45) is 2.13. The number of imide groups is 2. The number of hydrogen-bond acceptors (Lipinski definition) is 8. The standard InChI is InChI=1S/C29H27IN2O8S/c1-4-14-39-21-10-8-20(9-11-21)32-28(34)23(27(33)31-29(32)35)15-19-16-24(30)26(25(17-19)38-5-2)40-41(36,37)22-12-6-18(3)7-13-22/h6-13,15-17H,4-5,14H2,1-3H3,(H,31,33,35)/b23-15-. The van der Waals surface area contributed by atoms with Gasteiger partial charge in [-0.3, -0.25) is 14.9 Å². The summed E-state index contributed by atoms with van der Waals surface area (Å²) in [5, 5.41) is 2.19. The maximum atomic E-state index is 13.3. The Kier molecular flexibility index (Phi) is 9.33. The van der Waals surface area contributed by atoms with Crippen LogP contribution in [-0.2, 0) is 19.7 Å². The fourth-order valence-electron chi connectivity index (χ4n) is 3.85. The minimum atomic E-state index is -4.18. The van der Waals surface area contributed by atoms with Gasteiger partial charge in [-0.25, -0.2) is 9.69 Å². The first-order valence-electron chi connectivity index (χ1n) is 12.7. The van der Waals surface area contributed by atoms with Gasteiger partial charge in [0.25, 0.3) is 11.8 Å². The van der Waals surface area contributed by atoms with Crippen LogP contribution in [0.2, 0.25) is 0 Å². The van der Waals surface area contributed by atoms with Crippen molar-refractivity contribution in [1.82, 2.24) is 5.32 Å². The van der Waals surface area contributed by atoms with Gasteiger partial charge in [-0.15, -0.1) is 0 Å². The Bertz CT molecular complexity index is 1620. The van der Waals surface area contributed by atoms with Crippen molar-refractivity contribution in [2.24, 2.45) is 0 Å². The summed E-state index contributed by atoms with van der Waals surface area (Å²) in [6.45, 7) is 6.25. The van der Waals surface area contributed by atoms with E-state index in [2.05, 4.69) is 5.32 Å². The van der Waals surface area contributed by atoms with Crippen LogP contribution in [0.1, 0.15) is 31.4 Å². The van der Waals surface area contributed by atoms with E-state index in [0.29, 0.717) is 21.5 Å². The van der Waals surface area contributed by atoms with E-state index in [0.717, 1.165) is 16.9 Å². The van der Waals surface area contributed by atoms with E-state index in [1.165, 1.54) is 30.3 Å². The highest BCUT2D eigenvalue weighted by atomic mass is 127. The van der Waals surface area contributed by atoms with Crippen LogP contribution < -0.4 is 23.9 Å². The highest BCUT2D eigenvalue weighted by Gasteiger charge is 2.37. The highest BCUT2D eigenvalue weighted by molar-refractivity contribution is 14.1. The van der Waals surface area contributed by atoms with Crippen LogP contribution in [0, 0.1) is 10.5 Å². The van der Waals surface area contributed by atoms with E-state index in [-0.39, 0.29) is 34.3 Å². The largest absolute Gasteiger partial charge is 0.494 e. The lowest BCUT2D eigenvalue weighted by Gasteiger charge is -2.26. The molecule has 41 heavy (non-hydrogen) atoms. The maximum absolute atomic E-state index is 13.3. The third-order valence-corrected chi connectivity index (χ3v) is 7.85. The fraction of sp³-hybridized carbons (Fsp3) is 0.207. The number of amides is 4. The van der Waals surface area contributed by atoms with E-state index in [1.54, 1.807) is 43.3 Å². The van der Waals surface area contributed by atoms with Crippen LogP contribution in [0.3, 0.4) is 0 Å². The fourth-order valence-corrected chi connectivity index (χ4v) is 5.69. The average molecular weight is 691 g/mol. The first-order valence-corrected chi connectivity index (χ1v) is 15.1. The SMILES string of the molecule is CCCOc1ccc(N2C(=O)NC(=O)/C(=C/c3cc(I)c(OS(=O)(=O)c4ccc(C)cc4)c(OCC)c3)C2=O)cc1. The van der Waals surface area contributed by atoms with Gasteiger partial charge >= 0.3 is 16.1 Å². The van der Waals surface area contributed by atoms with E-state index >= 15 is 0 Å². The van der Waals surface area contributed by atoms with Crippen LogP contribution >= 0.6 is 22.6 Å². The van der Waals surface area contributed by atoms with E-state index in [4.69, 9.17) is 13.7 Å². The Morgan fingerprint density at radius 3 is 2.27 bits per heavy atom. The first kappa shape index (κ1) is 30.1. The number of halogens is 1. The molecule has 0 spiro atoms. The number of carbonyl (C=O) groups excluding carboxylic acids is 3. The highest BCUT2D eigenvalue weighted by Crippen LogP contribution is 2.37. The van der Waals surface area contributed by atoms with Gasteiger partial charge in [0.15, 0.2) is 11.5 Å². The van der Waals surface area contributed by atoms with Gasteiger partial charge in [0.05, 0.1) is 22.5 Å². The molecule has 1 aliphatic heterocycles. The number of ether oxygens (including phenoxy) is 2. The molecule has 0 bridgehead atoms. The van der Waals surface area contributed by atoms with E-state index < -0.39 is 28.0 Å². The summed E-state index contributed by atoms with van der Waals surface area (Å²) in [4.78, 5) is 39.5. The number of benzene rings is 3. The lowest BCUT2D eigenvalue weighted by Crippen LogP contribution is -2.54. The lowest BCUT2D eigenvalue weighted by molar-refractivity contribution is -0.122. The Morgan fingerprint density at radius 1 is 0.951 bits per heavy atom. The number of carbonyl (C=O) groups is 3. The van der Waals surface area contributed by atoms with Crippen molar-refractivity contribution in [3.8, 4) is 17.2 Å². The molecular formula is C29H27IN2O8S. The molecule has 12 heteroatoms. The molecule has 1 heterocycles. The second-order valence-corrected chi connectivity index (χ2v) is 11.6. The summed E-state index contributed by atoms with van der Waals surface area (Å²) in [6, 6.07) is 14.7. The summed E-state index contributed by atoms with van der Waals surface area (Å²) in [5.41, 5.74) is 1.21. The van der Waals surface area contributed by atoms with E-state index in [9.17, 15) is 22.8 Å². The molecule has 0 atom stereocenters. The summed E-state index contributed by atoms with van der Waals surface area (Å²) in [7, 11) is -4.18. The number of urea groups is 1. The molecule has 3 aromatic rings. The van der Waals surface area contributed by atoms with Crippen molar-refractivity contribution in [2.75, 3.05) is 18.1 Å². The van der Waals surface area contributed by atoms with Gasteiger partial charge in [0.2, 0.25) is 0 Å². The van der Waals surface area contributed by atoms with Crippen molar-refractivity contribution in [2.45, 2.75) is 32.1 Å². The quantitative estimate of drug-likeness (QED) is 0.133. The molecule has 10 nitrogen and oxygen atoms in total. The minimum absolute atomic E-state index is 0.0215. The normalized spacial score (nSPS) is 14.7. The Morgan fingerprint density at radius 2 is 1.63 bits per heavy atom. The number of anilines is 1. The number of barbiturate groups is 1. The Balaban J connectivity index is 1.67. The molecular weight excluding hydrogens is 663 g/mol. The first-order chi connectivity index (χ1) is 19.5. The molecule has 3 aromatic carbocycles. The molecule has 4 rings (SSSR count). The molecule has 214 valence electrons. The van der Waals surface area contributed by atoms with Crippen LogP contribution in [-0.4, -0.2) is 39.5 Å². The predicted octanol–water partition coefficient (Wildman–Crippen LogP) is 5.22. The van der Waals surface area contributed by atoms with Crippen LogP contribution in [0.25, 0.3) is 6.08 Å². The summed E-state index contributed by atoms with van der Waals surface area (Å²) < 4.78 is 42.9. The molecule has 0 saturated carbocycles. The van der Waals surface area contributed by atoms with Crippen LogP contribution in [0.15, 0.2) is 71.1 Å². The monoisotopic (exact) mass is 690 g/mol. The lowest BCUT2D eigenvalue weighted by atomic mass is 10.1. The average Bonchev–Trinajstić information content (AvgIpc) is 2.93. The zero-order chi connectivity index (χ0) is 29.7. The number of nitrogens with zero attached hydrogens (tertiary/aromatic N) is 1. The van der Waals surface area contributed by atoms with Crippen molar-refractivity contribution < 1.29 is 36.5 Å². The molecule has 1 N–H and O–H groups in total. The molecule has 1 fully saturated rings. The smallest absolute Gasteiger partial charge is 0.339 e. The van der Waals surface area contributed by atoms with Gasteiger partial charge in [-0.2, -0.15) is 8.42 Å². The van der Waals surface area contributed by atoms with Crippen molar-refractivity contribution in [3.05, 3.63) is 80.9 Å².